The normalized spacial score (nSPS) is 11.1. The molecule has 1 amide bonds. The summed E-state index contributed by atoms with van der Waals surface area (Å²) in [6.45, 7) is 0. The molecule has 0 heterocycles. The number of hydrogen-bond acceptors (Lipinski definition) is 4. The van der Waals surface area contributed by atoms with Crippen LogP contribution in [0.1, 0.15) is 10.4 Å². The van der Waals surface area contributed by atoms with Crippen LogP contribution in [0.4, 0.5) is 15.8 Å². The molecule has 0 aliphatic carbocycles. The Labute approximate surface area is 121 Å². The molecule has 2 aromatic rings. The molecule has 0 aliphatic rings. The maximum absolute atomic E-state index is 13.1. The second-order valence-electron chi connectivity index (χ2n) is 4.49. The van der Waals surface area contributed by atoms with Gasteiger partial charge < -0.3 is 11.1 Å². The van der Waals surface area contributed by atoms with Crippen LogP contribution in [-0.2, 0) is 9.84 Å². The third-order valence-electron chi connectivity index (χ3n) is 2.79. The number of anilines is 2. The van der Waals surface area contributed by atoms with E-state index >= 15 is 0 Å². The highest BCUT2D eigenvalue weighted by atomic mass is 32.2. The molecule has 0 aromatic heterocycles. The monoisotopic (exact) mass is 308 g/mol. The predicted octanol–water partition coefficient (Wildman–Crippen LogP) is 2.06. The summed E-state index contributed by atoms with van der Waals surface area (Å²) in [6, 6.07) is 9.16. The van der Waals surface area contributed by atoms with E-state index in [1.54, 1.807) is 0 Å². The molecule has 0 atom stereocenters. The van der Waals surface area contributed by atoms with Crippen LogP contribution in [0.5, 0.6) is 0 Å². The van der Waals surface area contributed by atoms with Gasteiger partial charge in [0.05, 0.1) is 16.3 Å². The van der Waals surface area contributed by atoms with Crippen LogP contribution in [0.3, 0.4) is 0 Å². The Morgan fingerprint density at radius 1 is 1.19 bits per heavy atom. The summed E-state index contributed by atoms with van der Waals surface area (Å²) >= 11 is 0. The number of hydrogen-bond donors (Lipinski definition) is 2. The molecular formula is C14H13FN2O3S. The Morgan fingerprint density at radius 2 is 1.90 bits per heavy atom. The Balaban J connectivity index is 2.31. The van der Waals surface area contributed by atoms with Gasteiger partial charge in [0.25, 0.3) is 5.91 Å². The number of carbonyl (C=O) groups is 1. The summed E-state index contributed by atoms with van der Waals surface area (Å²) in [5.74, 6) is -1.11. The summed E-state index contributed by atoms with van der Waals surface area (Å²) in [6.07, 6.45) is 1.05. The molecule has 7 heteroatoms. The van der Waals surface area contributed by atoms with Crippen molar-refractivity contribution >= 4 is 27.1 Å². The van der Waals surface area contributed by atoms with Gasteiger partial charge >= 0.3 is 0 Å². The van der Waals surface area contributed by atoms with Crippen LogP contribution in [0.15, 0.2) is 47.4 Å². The topological polar surface area (TPSA) is 89.3 Å². The van der Waals surface area contributed by atoms with Crippen LogP contribution in [0.25, 0.3) is 0 Å². The van der Waals surface area contributed by atoms with E-state index in [0.29, 0.717) is 0 Å². The number of benzene rings is 2. The minimum absolute atomic E-state index is 0.0300. The zero-order valence-electron chi connectivity index (χ0n) is 11.1. The maximum atomic E-state index is 13.1. The van der Waals surface area contributed by atoms with Crippen molar-refractivity contribution in [2.45, 2.75) is 4.90 Å². The van der Waals surface area contributed by atoms with Crippen molar-refractivity contribution in [3.63, 3.8) is 0 Å². The fourth-order valence-electron chi connectivity index (χ4n) is 1.70. The molecule has 21 heavy (non-hydrogen) atoms. The van der Waals surface area contributed by atoms with Gasteiger partial charge in [-0.3, -0.25) is 4.79 Å². The molecule has 0 bridgehead atoms. The van der Waals surface area contributed by atoms with Crippen LogP contribution in [0, 0.1) is 5.82 Å². The summed E-state index contributed by atoms with van der Waals surface area (Å²) in [7, 11) is -3.41. The van der Waals surface area contributed by atoms with E-state index in [1.165, 1.54) is 36.4 Å². The molecular weight excluding hydrogens is 295 g/mol. The Kier molecular flexibility index (Phi) is 3.95. The minimum atomic E-state index is -3.41. The molecule has 2 rings (SSSR count). The average molecular weight is 308 g/mol. The number of sulfone groups is 1. The van der Waals surface area contributed by atoms with Crippen molar-refractivity contribution in [3.05, 3.63) is 53.8 Å². The van der Waals surface area contributed by atoms with Crippen LogP contribution in [0.2, 0.25) is 0 Å². The Morgan fingerprint density at radius 3 is 2.57 bits per heavy atom. The molecule has 0 saturated heterocycles. The standard InChI is InChI=1S/C14H13FN2O3S/c1-21(19,20)11-4-2-3-9(7-11)14(18)17-13-8-10(15)5-6-12(13)16/h2-8H,16H2,1H3,(H,17,18). The fourth-order valence-corrected chi connectivity index (χ4v) is 2.37. The number of halogens is 1. The van der Waals surface area contributed by atoms with E-state index in [-0.39, 0.29) is 21.8 Å². The first-order valence-electron chi connectivity index (χ1n) is 5.94. The molecule has 0 spiro atoms. The molecule has 2 aromatic carbocycles. The first-order chi connectivity index (χ1) is 9.77. The molecule has 0 radical (unpaired) electrons. The highest BCUT2D eigenvalue weighted by molar-refractivity contribution is 7.90. The van der Waals surface area contributed by atoms with Crippen LogP contribution >= 0.6 is 0 Å². The minimum Gasteiger partial charge on any atom is -0.397 e. The van der Waals surface area contributed by atoms with E-state index < -0.39 is 21.6 Å². The van der Waals surface area contributed by atoms with E-state index in [2.05, 4.69) is 5.32 Å². The Bertz CT molecular complexity index is 804. The molecule has 0 unspecified atom stereocenters. The lowest BCUT2D eigenvalue weighted by Gasteiger charge is -2.09. The van der Waals surface area contributed by atoms with Gasteiger partial charge in [0.1, 0.15) is 5.82 Å². The summed E-state index contributed by atoms with van der Waals surface area (Å²) < 4.78 is 36.1. The lowest BCUT2D eigenvalue weighted by atomic mass is 10.2. The second kappa shape index (κ2) is 5.53. The smallest absolute Gasteiger partial charge is 0.255 e. The van der Waals surface area contributed by atoms with Crippen LogP contribution < -0.4 is 11.1 Å². The van der Waals surface area contributed by atoms with Crippen molar-refractivity contribution in [1.82, 2.24) is 0 Å². The number of nitrogens with one attached hydrogen (secondary N) is 1. The third-order valence-corrected chi connectivity index (χ3v) is 3.90. The molecule has 5 nitrogen and oxygen atoms in total. The van der Waals surface area contributed by atoms with Gasteiger partial charge in [0.15, 0.2) is 9.84 Å². The number of rotatable bonds is 3. The van der Waals surface area contributed by atoms with Crippen molar-refractivity contribution in [3.8, 4) is 0 Å². The molecule has 110 valence electrons. The third kappa shape index (κ3) is 3.57. The average Bonchev–Trinajstić information content (AvgIpc) is 2.42. The second-order valence-corrected chi connectivity index (χ2v) is 6.50. The first-order valence-corrected chi connectivity index (χ1v) is 7.83. The van der Waals surface area contributed by atoms with Gasteiger partial charge in [-0.25, -0.2) is 12.8 Å². The lowest BCUT2D eigenvalue weighted by Crippen LogP contribution is -2.14. The Hall–Kier alpha value is -2.41. The van der Waals surface area contributed by atoms with E-state index in [0.717, 1.165) is 12.3 Å². The van der Waals surface area contributed by atoms with Crippen molar-refractivity contribution in [2.24, 2.45) is 0 Å². The van der Waals surface area contributed by atoms with E-state index in [9.17, 15) is 17.6 Å². The van der Waals surface area contributed by atoms with Crippen LogP contribution in [-0.4, -0.2) is 20.6 Å². The molecule has 0 aliphatic heterocycles. The summed E-state index contributed by atoms with van der Waals surface area (Å²) in [4.78, 5) is 12.1. The molecule has 3 N–H and O–H groups in total. The number of amides is 1. The number of carbonyl (C=O) groups excluding carboxylic acids is 1. The van der Waals surface area contributed by atoms with Gasteiger partial charge in [-0.05, 0) is 36.4 Å². The van der Waals surface area contributed by atoms with Gasteiger partial charge in [-0.2, -0.15) is 0 Å². The SMILES string of the molecule is CS(=O)(=O)c1cccc(C(=O)Nc2cc(F)ccc2N)c1. The maximum Gasteiger partial charge on any atom is 0.255 e. The number of nitrogens with two attached hydrogens (primary N) is 1. The fraction of sp³-hybridized carbons (Fsp3) is 0.0714. The zero-order valence-corrected chi connectivity index (χ0v) is 11.9. The van der Waals surface area contributed by atoms with E-state index in [4.69, 9.17) is 5.73 Å². The lowest BCUT2D eigenvalue weighted by molar-refractivity contribution is 0.102. The van der Waals surface area contributed by atoms with Crippen molar-refractivity contribution in [1.29, 1.82) is 0 Å². The first kappa shape index (κ1) is 15.0. The quantitative estimate of drug-likeness (QED) is 0.849. The predicted molar refractivity (Wildman–Crippen MR) is 78.3 cm³/mol. The van der Waals surface area contributed by atoms with Gasteiger partial charge in [0.2, 0.25) is 0 Å². The summed E-state index contributed by atoms with van der Waals surface area (Å²) in [5.41, 5.74) is 6.12. The van der Waals surface area contributed by atoms with E-state index in [1.807, 2.05) is 0 Å². The molecule has 0 fully saturated rings. The zero-order chi connectivity index (χ0) is 15.6. The number of nitrogen functional groups attached to an aromatic ring is 1. The van der Waals surface area contributed by atoms with Gasteiger partial charge in [-0.1, -0.05) is 6.07 Å². The summed E-state index contributed by atoms with van der Waals surface area (Å²) in [5, 5.41) is 2.45. The van der Waals surface area contributed by atoms with Gasteiger partial charge in [0, 0.05) is 11.8 Å². The largest absolute Gasteiger partial charge is 0.397 e. The highest BCUT2D eigenvalue weighted by Crippen LogP contribution is 2.20. The molecule has 0 saturated carbocycles. The van der Waals surface area contributed by atoms with Crippen molar-refractivity contribution in [2.75, 3.05) is 17.3 Å². The van der Waals surface area contributed by atoms with Gasteiger partial charge in [-0.15, -0.1) is 0 Å². The van der Waals surface area contributed by atoms with Crippen molar-refractivity contribution < 1.29 is 17.6 Å². The highest BCUT2D eigenvalue weighted by Gasteiger charge is 2.13.